The quantitative estimate of drug-likeness (QED) is 0.619. The topological polar surface area (TPSA) is 71.5 Å². The van der Waals surface area contributed by atoms with Crippen molar-refractivity contribution in [2.24, 2.45) is 11.8 Å². The number of hydrogen-bond donors (Lipinski definition) is 1. The first-order chi connectivity index (χ1) is 15.6. The van der Waals surface area contributed by atoms with Gasteiger partial charge in [0.05, 0.1) is 28.6 Å². The second kappa shape index (κ2) is 10.5. The minimum atomic E-state index is -0.129. The molecule has 1 aromatic carbocycles. The molecule has 1 aromatic heterocycles. The maximum absolute atomic E-state index is 13.0. The van der Waals surface area contributed by atoms with Gasteiger partial charge in [0.25, 0.3) is 5.91 Å². The van der Waals surface area contributed by atoms with Crippen molar-refractivity contribution in [1.82, 2.24) is 10.3 Å². The third-order valence-corrected chi connectivity index (χ3v) is 7.06. The van der Waals surface area contributed by atoms with Gasteiger partial charge in [-0.05, 0) is 62.8 Å². The first-order valence-electron chi connectivity index (χ1n) is 11.9. The number of rotatable bonds is 6. The number of piperidine rings is 1. The van der Waals surface area contributed by atoms with E-state index >= 15 is 0 Å². The molecule has 0 radical (unpaired) electrons. The van der Waals surface area contributed by atoms with Gasteiger partial charge in [0, 0.05) is 25.0 Å². The Morgan fingerprint density at radius 2 is 1.84 bits per heavy atom. The van der Waals surface area contributed by atoms with Crippen molar-refractivity contribution in [3.05, 3.63) is 34.9 Å². The van der Waals surface area contributed by atoms with Crippen LogP contribution in [0.1, 0.15) is 62.2 Å². The van der Waals surface area contributed by atoms with Gasteiger partial charge >= 0.3 is 5.97 Å². The predicted molar refractivity (Wildman–Crippen MR) is 127 cm³/mol. The molecule has 7 heteroatoms. The van der Waals surface area contributed by atoms with Crippen LogP contribution in [0.2, 0.25) is 5.02 Å². The Bertz CT molecular complexity index is 966. The normalized spacial score (nSPS) is 18.0. The highest BCUT2D eigenvalue weighted by molar-refractivity contribution is 6.35. The van der Waals surface area contributed by atoms with Crippen molar-refractivity contribution < 1.29 is 14.3 Å². The van der Waals surface area contributed by atoms with Crippen LogP contribution >= 0.6 is 11.6 Å². The first kappa shape index (κ1) is 22.8. The summed E-state index contributed by atoms with van der Waals surface area (Å²) in [5.41, 5.74) is 1.25. The summed E-state index contributed by atoms with van der Waals surface area (Å²) in [6.45, 7) is 4.47. The number of nitrogens with one attached hydrogen (secondary N) is 1. The predicted octanol–water partition coefficient (Wildman–Crippen LogP) is 4.98. The fourth-order valence-corrected chi connectivity index (χ4v) is 5.15. The molecule has 4 rings (SSSR count). The summed E-state index contributed by atoms with van der Waals surface area (Å²) in [4.78, 5) is 32.0. The Labute approximate surface area is 194 Å². The Balaban J connectivity index is 1.46. The number of carbonyl (C=O) groups excluding carboxylic acids is 2. The van der Waals surface area contributed by atoms with Crippen LogP contribution in [0, 0.1) is 11.8 Å². The van der Waals surface area contributed by atoms with Crippen LogP contribution < -0.4 is 10.2 Å². The monoisotopic (exact) mass is 457 g/mol. The molecule has 1 saturated heterocycles. The van der Waals surface area contributed by atoms with Crippen LogP contribution in [-0.2, 0) is 9.53 Å². The fourth-order valence-electron chi connectivity index (χ4n) is 4.89. The van der Waals surface area contributed by atoms with Gasteiger partial charge in [-0.2, -0.15) is 0 Å². The molecule has 2 fully saturated rings. The number of fused-ring (bicyclic) bond motifs is 1. The maximum atomic E-state index is 13.0. The molecule has 2 aromatic rings. The molecule has 1 aliphatic heterocycles. The highest BCUT2D eigenvalue weighted by atomic mass is 35.5. The van der Waals surface area contributed by atoms with Gasteiger partial charge in [0.15, 0.2) is 0 Å². The number of hydrogen-bond acceptors (Lipinski definition) is 5. The number of aromatic nitrogens is 1. The number of anilines is 1. The molecule has 0 unspecified atom stereocenters. The number of nitrogens with zero attached hydrogens (tertiary/aromatic N) is 2. The molecule has 0 bridgehead atoms. The maximum Gasteiger partial charge on any atom is 0.309 e. The highest BCUT2D eigenvalue weighted by Crippen LogP contribution is 2.30. The molecule has 2 heterocycles. The summed E-state index contributed by atoms with van der Waals surface area (Å²) in [7, 11) is 0. The zero-order valence-electron chi connectivity index (χ0n) is 18.7. The van der Waals surface area contributed by atoms with E-state index in [2.05, 4.69) is 10.2 Å². The summed E-state index contributed by atoms with van der Waals surface area (Å²) in [5, 5.41) is 4.32. The van der Waals surface area contributed by atoms with Crippen molar-refractivity contribution in [2.75, 3.05) is 31.1 Å². The summed E-state index contributed by atoms with van der Waals surface area (Å²) in [6.07, 6.45) is 7.68. The standard InChI is InChI=1S/C25H32ClN3O3/c1-2-32-25(31)18-12-14-29(15-13-18)22-11-8-19-21(28-22)10-9-20(26)23(19)24(30)27-16-17-6-4-3-5-7-17/h8-11,17-18H,2-7,12-16H2,1H3,(H,27,30). The molecule has 2 aliphatic rings. The molecule has 0 atom stereocenters. The Morgan fingerprint density at radius 1 is 1.09 bits per heavy atom. The Morgan fingerprint density at radius 3 is 2.56 bits per heavy atom. The van der Waals surface area contributed by atoms with Crippen LogP contribution in [0.4, 0.5) is 5.82 Å². The van der Waals surface area contributed by atoms with Gasteiger partial charge in [0.2, 0.25) is 0 Å². The SMILES string of the molecule is CCOC(=O)C1CCN(c2ccc3c(C(=O)NCC4CCCCC4)c(Cl)ccc3n2)CC1. The van der Waals surface area contributed by atoms with E-state index in [1.807, 2.05) is 25.1 Å². The van der Waals surface area contributed by atoms with Crippen LogP contribution in [0.3, 0.4) is 0 Å². The minimum Gasteiger partial charge on any atom is -0.466 e. The third-order valence-electron chi connectivity index (χ3n) is 6.75. The molecule has 32 heavy (non-hydrogen) atoms. The zero-order valence-corrected chi connectivity index (χ0v) is 19.5. The Hall–Kier alpha value is -2.34. The van der Waals surface area contributed by atoms with Gasteiger partial charge in [-0.3, -0.25) is 9.59 Å². The molecule has 1 aliphatic carbocycles. The van der Waals surface area contributed by atoms with E-state index < -0.39 is 0 Å². The van der Waals surface area contributed by atoms with E-state index in [-0.39, 0.29) is 17.8 Å². The van der Waals surface area contributed by atoms with Crippen LogP contribution in [0.15, 0.2) is 24.3 Å². The number of benzene rings is 1. The van der Waals surface area contributed by atoms with E-state index in [0.29, 0.717) is 29.7 Å². The van der Waals surface area contributed by atoms with Gasteiger partial charge in [0.1, 0.15) is 5.82 Å². The summed E-state index contributed by atoms with van der Waals surface area (Å²) in [5.74, 6) is 1.15. The van der Waals surface area contributed by atoms with E-state index in [1.54, 1.807) is 6.07 Å². The number of halogens is 1. The Kier molecular flexibility index (Phi) is 7.51. The number of carbonyl (C=O) groups is 2. The van der Waals surface area contributed by atoms with E-state index in [1.165, 1.54) is 32.1 Å². The van der Waals surface area contributed by atoms with Crippen LogP contribution in [-0.4, -0.2) is 43.1 Å². The summed E-state index contributed by atoms with van der Waals surface area (Å²) >= 11 is 6.44. The van der Waals surface area contributed by atoms with Gasteiger partial charge in [-0.25, -0.2) is 4.98 Å². The van der Waals surface area contributed by atoms with Gasteiger partial charge in [-0.1, -0.05) is 30.9 Å². The van der Waals surface area contributed by atoms with Crippen molar-refractivity contribution >= 4 is 40.2 Å². The largest absolute Gasteiger partial charge is 0.466 e. The zero-order chi connectivity index (χ0) is 22.5. The number of amides is 1. The lowest BCUT2D eigenvalue weighted by molar-refractivity contribution is -0.148. The lowest BCUT2D eigenvalue weighted by atomic mass is 9.89. The molecule has 172 valence electrons. The second-order valence-electron chi connectivity index (χ2n) is 8.89. The number of esters is 1. The molecule has 6 nitrogen and oxygen atoms in total. The van der Waals surface area contributed by atoms with Gasteiger partial charge in [-0.15, -0.1) is 0 Å². The smallest absolute Gasteiger partial charge is 0.309 e. The lowest BCUT2D eigenvalue weighted by Gasteiger charge is -2.31. The molecule has 1 N–H and O–H groups in total. The number of pyridine rings is 1. The fraction of sp³-hybridized carbons (Fsp3) is 0.560. The molecular formula is C25H32ClN3O3. The average molecular weight is 458 g/mol. The molecule has 0 spiro atoms. The van der Waals surface area contributed by atoms with Crippen molar-refractivity contribution in [2.45, 2.75) is 51.9 Å². The number of ether oxygens (including phenoxy) is 1. The van der Waals surface area contributed by atoms with Crippen molar-refractivity contribution in [3.63, 3.8) is 0 Å². The van der Waals surface area contributed by atoms with Crippen molar-refractivity contribution in [3.8, 4) is 0 Å². The average Bonchev–Trinajstić information content (AvgIpc) is 2.83. The van der Waals surface area contributed by atoms with Crippen molar-refractivity contribution in [1.29, 1.82) is 0 Å². The van der Waals surface area contributed by atoms with Crippen LogP contribution in [0.25, 0.3) is 10.9 Å². The lowest BCUT2D eigenvalue weighted by Crippen LogP contribution is -2.37. The molecule has 1 saturated carbocycles. The van der Waals surface area contributed by atoms with Crippen LogP contribution in [0.5, 0.6) is 0 Å². The first-order valence-corrected chi connectivity index (χ1v) is 12.2. The van der Waals surface area contributed by atoms with Gasteiger partial charge < -0.3 is 15.0 Å². The molecule has 1 amide bonds. The van der Waals surface area contributed by atoms with E-state index in [4.69, 9.17) is 21.3 Å². The van der Waals surface area contributed by atoms with E-state index in [9.17, 15) is 9.59 Å². The summed E-state index contributed by atoms with van der Waals surface area (Å²) < 4.78 is 5.16. The van der Waals surface area contributed by atoms with E-state index in [0.717, 1.165) is 42.7 Å². The molecular weight excluding hydrogens is 426 g/mol. The second-order valence-corrected chi connectivity index (χ2v) is 9.29. The minimum absolute atomic E-state index is 0.0371. The third kappa shape index (κ3) is 5.17. The highest BCUT2D eigenvalue weighted by Gasteiger charge is 2.27. The summed E-state index contributed by atoms with van der Waals surface area (Å²) in [6, 6.07) is 7.51.